The van der Waals surface area contributed by atoms with Gasteiger partial charge in [0.05, 0.1) is 5.75 Å². The van der Waals surface area contributed by atoms with E-state index < -0.39 is 0 Å². The number of para-hydroxylation sites is 2. The SMILES string of the molecule is Clc1cccc(-c2nnc(SCc3nc4ccccc4o3)o2)c1. The van der Waals surface area contributed by atoms with Crippen LogP contribution >= 0.6 is 23.4 Å². The van der Waals surface area contributed by atoms with Gasteiger partial charge in [-0.05, 0) is 30.3 Å². The van der Waals surface area contributed by atoms with Crippen LogP contribution in [0.25, 0.3) is 22.6 Å². The van der Waals surface area contributed by atoms with Crippen molar-refractivity contribution in [3.8, 4) is 11.5 Å². The van der Waals surface area contributed by atoms with Crippen LogP contribution in [0.3, 0.4) is 0 Å². The Balaban J connectivity index is 1.49. The molecule has 114 valence electrons. The summed E-state index contributed by atoms with van der Waals surface area (Å²) in [5.74, 6) is 1.58. The molecule has 0 radical (unpaired) electrons. The van der Waals surface area contributed by atoms with Crippen LogP contribution in [0.2, 0.25) is 5.02 Å². The molecule has 0 saturated heterocycles. The Labute approximate surface area is 140 Å². The fourth-order valence-corrected chi connectivity index (χ4v) is 2.91. The van der Waals surface area contributed by atoms with Crippen LogP contribution in [0.4, 0.5) is 0 Å². The third-order valence-electron chi connectivity index (χ3n) is 3.14. The van der Waals surface area contributed by atoms with Crippen molar-refractivity contribution in [2.75, 3.05) is 0 Å². The van der Waals surface area contributed by atoms with Gasteiger partial charge in [0.2, 0.25) is 11.8 Å². The molecule has 0 aliphatic rings. The van der Waals surface area contributed by atoms with E-state index in [4.69, 9.17) is 20.4 Å². The molecule has 0 bridgehead atoms. The number of hydrogen-bond acceptors (Lipinski definition) is 6. The molecule has 0 spiro atoms. The van der Waals surface area contributed by atoms with Crippen LogP contribution in [-0.4, -0.2) is 15.2 Å². The normalized spacial score (nSPS) is 11.2. The summed E-state index contributed by atoms with van der Waals surface area (Å²) < 4.78 is 11.3. The van der Waals surface area contributed by atoms with Gasteiger partial charge in [-0.25, -0.2) is 4.98 Å². The Morgan fingerprint density at radius 2 is 1.91 bits per heavy atom. The highest BCUT2D eigenvalue weighted by Gasteiger charge is 2.12. The number of oxazole rings is 1. The Kier molecular flexibility index (Phi) is 3.77. The van der Waals surface area contributed by atoms with Crippen molar-refractivity contribution in [1.29, 1.82) is 0 Å². The highest BCUT2D eigenvalue weighted by Crippen LogP contribution is 2.27. The summed E-state index contributed by atoms with van der Waals surface area (Å²) in [4.78, 5) is 4.41. The summed E-state index contributed by atoms with van der Waals surface area (Å²) in [6.45, 7) is 0. The number of fused-ring (bicyclic) bond motifs is 1. The van der Waals surface area contributed by atoms with Crippen LogP contribution in [0.15, 0.2) is 62.6 Å². The highest BCUT2D eigenvalue weighted by molar-refractivity contribution is 7.98. The Hall–Kier alpha value is -2.31. The molecule has 0 aliphatic carbocycles. The van der Waals surface area contributed by atoms with E-state index in [9.17, 15) is 0 Å². The number of aromatic nitrogens is 3. The van der Waals surface area contributed by atoms with E-state index in [1.165, 1.54) is 11.8 Å². The van der Waals surface area contributed by atoms with Gasteiger partial charge in [0, 0.05) is 10.6 Å². The molecular formula is C16H10ClN3O2S. The van der Waals surface area contributed by atoms with Crippen molar-refractivity contribution < 1.29 is 8.83 Å². The maximum atomic E-state index is 5.97. The third-order valence-corrected chi connectivity index (χ3v) is 4.17. The highest BCUT2D eigenvalue weighted by atomic mass is 35.5. The molecule has 0 N–H and O–H groups in total. The molecule has 23 heavy (non-hydrogen) atoms. The second-order valence-corrected chi connectivity index (χ2v) is 6.11. The zero-order valence-electron chi connectivity index (χ0n) is 11.8. The monoisotopic (exact) mass is 343 g/mol. The summed E-state index contributed by atoms with van der Waals surface area (Å²) in [5, 5.41) is 9.15. The molecule has 4 aromatic rings. The van der Waals surface area contributed by atoms with E-state index in [-0.39, 0.29) is 0 Å². The smallest absolute Gasteiger partial charge is 0.277 e. The van der Waals surface area contributed by atoms with Crippen LogP contribution < -0.4 is 0 Å². The molecule has 4 rings (SSSR count). The van der Waals surface area contributed by atoms with E-state index in [0.717, 1.165) is 16.7 Å². The lowest BCUT2D eigenvalue weighted by Crippen LogP contribution is -1.79. The molecule has 0 fully saturated rings. The summed E-state index contributed by atoms with van der Waals surface area (Å²) in [6, 6.07) is 14.9. The lowest BCUT2D eigenvalue weighted by atomic mass is 10.2. The van der Waals surface area contributed by atoms with Gasteiger partial charge in [-0.1, -0.05) is 41.6 Å². The topological polar surface area (TPSA) is 65.0 Å². The minimum absolute atomic E-state index is 0.438. The van der Waals surface area contributed by atoms with E-state index in [2.05, 4.69) is 15.2 Å². The van der Waals surface area contributed by atoms with Gasteiger partial charge in [-0.15, -0.1) is 10.2 Å². The lowest BCUT2D eigenvalue weighted by molar-refractivity contribution is 0.464. The van der Waals surface area contributed by atoms with Crippen LogP contribution in [-0.2, 0) is 5.75 Å². The van der Waals surface area contributed by atoms with Crippen molar-refractivity contribution >= 4 is 34.5 Å². The summed E-state index contributed by atoms with van der Waals surface area (Å²) in [5.41, 5.74) is 2.40. The van der Waals surface area contributed by atoms with Gasteiger partial charge < -0.3 is 8.83 Å². The summed E-state index contributed by atoms with van der Waals surface area (Å²) in [6.07, 6.45) is 0. The molecular weight excluding hydrogens is 334 g/mol. The van der Waals surface area contributed by atoms with Gasteiger partial charge >= 0.3 is 0 Å². The van der Waals surface area contributed by atoms with Crippen molar-refractivity contribution in [2.24, 2.45) is 0 Å². The second-order valence-electron chi connectivity index (χ2n) is 4.75. The molecule has 0 saturated carbocycles. The Morgan fingerprint density at radius 1 is 1.00 bits per heavy atom. The van der Waals surface area contributed by atoms with Crippen molar-refractivity contribution in [2.45, 2.75) is 11.0 Å². The Morgan fingerprint density at radius 3 is 2.78 bits per heavy atom. The van der Waals surface area contributed by atoms with Crippen molar-refractivity contribution in [3.05, 3.63) is 59.4 Å². The average Bonchev–Trinajstić information content (AvgIpc) is 3.19. The first kappa shape index (κ1) is 14.3. The van der Waals surface area contributed by atoms with E-state index in [0.29, 0.717) is 27.8 Å². The molecule has 0 unspecified atom stereocenters. The first-order valence-electron chi connectivity index (χ1n) is 6.84. The first-order valence-corrected chi connectivity index (χ1v) is 8.21. The second kappa shape index (κ2) is 6.06. The summed E-state index contributed by atoms with van der Waals surface area (Å²) in [7, 11) is 0. The largest absolute Gasteiger partial charge is 0.440 e. The van der Waals surface area contributed by atoms with Crippen molar-refractivity contribution in [3.63, 3.8) is 0 Å². The number of nitrogens with zero attached hydrogens (tertiary/aromatic N) is 3. The molecule has 2 aromatic carbocycles. The number of benzene rings is 2. The minimum Gasteiger partial charge on any atom is -0.440 e. The quantitative estimate of drug-likeness (QED) is 0.495. The van der Waals surface area contributed by atoms with E-state index in [1.54, 1.807) is 12.1 Å². The predicted octanol–water partition coefficient (Wildman–Crippen LogP) is 4.82. The zero-order chi connectivity index (χ0) is 15.6. The molecule has 0 atom stereocenters. The standard InChI is InChI=1S/C16H10ClN3O2S/c17-11-5-3-4-10(8-11)15-19-20-16(22-15)23-9-14-18-12-6-1-2-7-13(12)21-14/h1-8H,9H2. The zero-order valence-corrected chi connectivity index (χ0v) is 13.3. The molecule has 0 aliphatic heterocycles. The van der Waals surface area contributed by atoms with Gasteiger partial charge in [0.25, 0.3) is 5.22 Å². The first-order chi connectivity index (χ1) is 11.3. The van der Waals surface area contributed by atoms with Crippen LogP contribution in [0, 0.1) is 0 Å². The van der Waals surface area contributed by atoms with Gasteiger partial charge in [-0.2, -0.15) is 0 Å². The number of halogens is 1. The summed E-state index contributed by atoms with van der Waals surface area (Å²) >= 11 is 7.34. The minimum atomic E-state index is 0.438. The molecule has 2 heterocycles. The molecule has 7 heteroatoms. The fraction of sp³-hybridized carbons (Fsp3) is 0.0625. The Bertz CT molecular complexity index is 934. The van der Waals surface area contributed by atoms with Crippen LogP contribution in [0.5, 0.6) is 0 Å². The van der Waals surface area contributed by atoms with Gasteiger partial charge in [-0.3, -0.25) is 0 Å². The van der Waals surface area contributed by atoms with E-state index in [1.807, 2.05) is 36.4 Å². The van der Waals surface area contributed by atoms with Crippen molar-refractivity contribution in [1.82, 2.24) is 15.2 Å². The molecule has 2 aromatic heterocycles. The van der Waals surface area contributed by atoms with E-state index >= 15 is 0 Å². The van der Waals surface area contributed by atoms with Crippen LogP contribution in [0.1, 0.15) is 5.89 Å². The molecule has 5 nitrogen and oxygen atoms in total. The van der Waals surface area contributed by atoms with Gasteiger partial charge in [0.1, 0.15) is 5.52 Å². The number of rotatable bonds is 4. The fourth-order valence-electron chi connectivity index (χ4n) is 2.11. The maximum Gasteiger partial charge on any atom is 0.277 e. The lowest BCUT2D eigenvalue weighted by Gasteiger charge is -1.94. The number of hydrogen-bond donors (Lipinski definition) is 0. The third kappa shape index (κ3) is 3.09. The van der Waals surface area contributed by atoms with Gasteiger partial charge in [0.15, 0.2) is 5.58 Å². The molecule has 0 amide bonds. The number of thioether (sulfide) groups is 1. The predicted molar refractivity (Wildman–Crippen MR) is 88.3 cm³/mol. The maximum absolute atomic E-state index is 5.97. The average molecular weight is 344 g/mol.